The Bertz CT molecular complexity index is 772. The number of nitrogens with two attached hydrogens (primary N) is 1. The number of aromatic nitrogens is 3. The maximum Gasteiger partial charge on any atom is 0.232 e. The molecule has 0 bridgehead atoms. The van der Waals surface area contributed by atoms with Gasteiger partial charge in [0.2, 0.25) is 5.88 Å². The van der Waals surface area contributed by atoms with Crippen LogP contribution in [-0.2, 0) is 0 Å². The molecule has 0 radical (unpaired) electrons. The lowest BCUT2D eigenvalue weighted by molar-refractivity contribution is 0.186. The second-order valence-corrected chi connectivity index (χ2v) is 5.41. The Morgan fingerprint density at radius 1 is 1.45 bits per heavy atom. The van der Waals surface area contributed by atoms with E-state index < -0.39 is 0 Å². The highest BCUT2D eigenvalue weighted by Gasteiger charge is 2.31. The van der Waals surface area contributed by atoms with Gasteiger partial charge < -0.3 is 10.5 Å². The van der Waals surface area contributed by atoms with E-state index in [0.717, 1.165) is 28.9 Å². The molecule has 3 rings (SSSR count). The van der Waals surface area contributed by atoms with Crippen LogP contribution in [0.15, 0.2) is 54.3 Å². The fourth-order valence-corrected chi connectivity index (χ4v) is 2.78. The van der Waals surface area contributed by atoms with Crippen molar-refractivity contribution in [2.24, 2.45) is 5.73 Å². The molecule has 2 aromatic heterocycles. The van der Waals surface area contributed by atoms with Crippen molar-refractivity contribution in [3.63, 3.8) is 0 Å². The molecule has 0 aromatic carbocycles. The fraction of sp³-hybridized carbons (Fsp3) is 0.294. The van der Waals surface area contributed by atoms with Gasteiger partial charge in [0.1, 0.15) is 6.10 Å². The summed E-state index contributed by atoms with van der Waals surface area (Å²) in [5.41, 5.74) is 10.3. The van der Waals surface area contributed by atoms with Gasteiger partial charge in [-0.2, -0.15) is 0 Å². The first-order valence-electron chi connectivity index (χ1n) is 7.36. The minimum absolute atomic E-state index is 0.132. The fourth-order valence-electron chi connectivity index (χ4n) is 2.78. The third kappa shape index (κ3) is 2.44. The van der Waals surface area contributed by atoms with Gasteiger partial charge >= 0.3 is 0 Å². The van der Waals surface area contributed by atoms with Crippen molar-refractivity contribution >= 4 is 5.65 Å². The Hall–Kier alpha value is -2.40. The monoisotopic (exact) mass is 296 g/mol. The van der Waals surface area contributed by atoms with E-state index in [1.807, 2.05) is 44.2 Å². The van der Waals surface area contributed by atoms with E-state index in [2.05, 4.69) is 16.7 Å². The van der Waals surface area contributed by atoms with Crippen LogP contribution in [0, 0.1) is 6.92 Å². The Morgan fingerprint density at radius 2 is 2.27 bits per heavy atom. The minimum atomic E-state index is -0.175. The quantitative estimate of drug-likeness (QED) is 0.941. The van der Waals surface area contributed by atoms with E-state index >= 15 is 0 Å². The predicted octanol–water partition coefficient (Wildman–Crippen LogP) is 2.57. The van der Waals surface area contributed by atoms with Crippen LogP contribution >= 0.6 is 0 Å². The highest BCUT2D eigenvalue weighted by molar-refractivity contribution is 5.43. The number of hydrogen-bond acceptors (Lipinski definition) is 4. The van der Waals surface area contributed by atoms with Crippen LogP contribution in [0.4, 0.5) is 0 Å². The van der Waals surface area contributed by atoms with E-state index in [1.165, 1.54) is 0 Å². The topological polar surface area (TPSA) is 65.4 Å². The van der Waals surface area contributed by atoms with Crippen LogP contribution < -0.4 is 10.5 Å². The molecule has 0 saturated heterocycles. The Balaban J connectivity index is 1.84. The smallest absolute Gasteiger partial charge is 0.232 e. The average Bonchev–Trinajstić information content (AvgIpc) is 3.03. The molecule has 1 aliphatic carbocycles. The van der Waals surface area contributed by atoms with E-state index in [9.17, 15) is 0 Å². The number of aryl methyl sites for hydroxylation is 1. The van der Waals surface area contributed by atoms with Crippen LogP contribution in [0.25, 0.3) is 5.65 Å². The number of ether oxygens (including phenoxy) is 1. The first kappa shape index (κ1) is 14.5. The lowest BCUT2D eigenvalue weighted by Crippen LogP contribution is -2.36. The molecule has 2 atom stereocenters. The molecule has 5 heteroatoms. The predicted molar refractivity (Wildman–Crippen MR) is 86.8 cm³/mol. The number of fused-ring (bicyclic) bond motifs is 1. The standard InChI is InChI=1S/C17H20N4O/c1-4-6-13-12(5-2)9-14(17(13)18)22-16-8-7-15-19-10-11(3)21(15)20-16/h4-8,10,14,17H,2,9,18H2,1,3H3. The van der Waals surface area contributed by atoms with Gasteiger partial charge in [0.15, 0.2) is 5.65 Å². The van der Waals surface area contributed by atoms with Gasteiger partial charge in [0.25, 0.3) is 0 Å². The number of rotatable bonds is 4. The number of allylic oxidation sites excluding steroid dienone is 2. The number of nitrogens with zero attached hydrogens (tertiary/aromatic N) is 3. The molecule has 1 aliphatic rings. The van der Waals surface area contributed by atoms with E-state index in [-0.39, 0.29) is 12.1 Å². The highest BCUT2D eigenvalue weighted by atomic mass is 16.5. The third-order valence-electron chi connectivity index (χ3n) is 3.92. The Kier molecular flexibility index (Phi) is 3.81. The SMILES string of the molecule is C=CC1=C(C=CC)C(N)C(Oc2ccc3ncc(C)n3n2)C1. The van der Waals surface area contributed by atoms with Gasteiger partial charge in [0.05, 0.1) is 17.9 Å². The van der Waals surface area contributed by atoms with Crippen molar-refractivity contribution in [2.75, 3.05) is 0 Å². The molecule has 2 unspecified atom stereocenters. The lowest BCUT2D eigenvalue weighted by Gasteiger charge is -2.18. The zero-order valence-corrected chi connectivity index (χ0v) is 12.9. The summed E-state index contributed by atoms with van der Waals surface area (Å²) in [4.78, 5) is 4.26. The Morgan fingerprint density at radius 3 is 3.00 bits per heavy atom. The van der Waals surface area contributed by atoms with Crippen LogP contribution in [0.2, 0.25) is 0 Å². The normalized spacial score (nSPS) is 22.0. The molecule has 0 fully saturated rings. The van der Waals surface area contributed by atoms with Gasteiger partial charge in [-0.1, -0.05) is 24.8 Å². The summed E-state index contributed by atoms with van der Waals surface area (Å²) in [7, 11) is 0. The molecular formula is C17H20N4O. The first-order chi connectivity index (χ1) is 10.6. The molecule has 0 saturated carbocycles. The average molecular weight is 296 g/mol. The van der Waals surface area contributed by atoms with Gasteiger partial charge in [-0.25, -0.2) is 9.50 Å². The van der Waals surface area contributed by atoms with Crippen LogP contribution in [0.5, 0.6) is 5.88 Å². The van der Waals surface area contributed by atoms with E-state index in [1.54, 1.807) is 10.7 Å². The first-order valence-corrected chi connectivity index (χ1v) is 7.36. The molecule has 22 heavy (non-hydrogen) atoms. The summed E-state index contributed by atoms with van der Waals surface area (Å²) in [6.45, 7) is 7.80. The summed E-state index contributed by atoms with van der Waals surface area (Å²) in [6.07, 6.45) is 8.27. The van der Waals surface area contributed by atoms with E-state index in [0.29, 0.717) is 5.88 Å². The minimum Gasteiger partial charge on any atom is -0.471 e. The molecule has 2 aromatic rings. The van der Waals surface area contributed by atoms with Gasteiger partial charge in [-0.3, -0.25) is 0 Å². The zero-order valence-electron chi connectivity index (χ0n) is 12.9. The summed E-state index contributed by atoms with van der Waals surface area (Å²) in [6, 6.07) is 3.55. The summed E-state index contributed by atoms with van der Waals surface area (Å²) < 4.78 is 7.79. The number of hydrogen-bond donors (Lipinski definition) is 1. The largest absolute Gasteiger partial charge is 0.471 e. The zero-order chi connectivity index (χ0) is 15.7. The highest BCUT2D eigenvalue weighted by Crippen LogP contribution is 2.30. The van der Waals surface area contributed by atoms with Crippen LogP contribution in [0.3, 0.4) is 0 Å². The molecule has 5 nitrogen and oxygen atoms in total. The van der Waals surface area contributed by atoms with Gasteiger partial charge in [0, 0.05) is 12.5 Å². The van der Waals surface area contributed by atoms with Crippen molar-refractivity contribution in [3.05, 3.63) is 60.0 Å². The van der Waals surface area contributed by atoms with Crippen LogP contribution in [0.1, 0.15) is 19.0 Å². The summed E-state index contributed by atoms with van der Waals surface area (Å²) in [5, 5.41) is 4.47. The summed E-state index contributed by atoms with van der Waals surface area (Å²) in [5.74, 6) is 0.555. The molecule has 0 aliphatic heterocycles. The molecule has 114 valence electrons. The second-order valence-electron chi connectivity index (χ2n) is 5.41. The van der Waals surface area contributed by atoms with Gasteiger partial charge in [-0.15, -0.1) is 5.10 Å². The molecule has 2 heterocycles. The molecule has 0 spiro atoms. The number of imidazole rings is 1. The molecular weight excluding hydrogens is 276 g/mol. The van der Waals surface area contributed by atoms with Crippen molar-refractivity contribution in [2.45, 2.75) is 32.4 Å². The van der Waals surface area contributed by atoms with Crippen molar-refractivity contribution in [3.8, 4) is 5.88 Å². The lowest BCUT2D eigenvalue weighted by atomic mass is 10.1. The van der Waals surface area contributed by atoms with Crippen LogP contribution in [-0.4, -0.2) is 26.7 Å². The third-order valence-corrected chi connectivity index (χ3v) is 3.92. The maximum absolute atomic E-state index is 6.32. The summed E-state index contributed by atoms with van der Waals surface area (Å²) >= 11 is 0. The van der Waals surface area contributed by atoms with Crippen molar-refractivity contribution in [1.29, 1.82) is 0 Å². The van der Waals surface area contributed by atoms with Crippen molar-refractivity contribution < 1.29 is 4.74 Å². The molecule has 0 amide bonds. The maximum atomic E-state index is 6.32. The van der Waals surface area contributed by atoms with Gasteiger partial charge in [-0.05, 0) is 31.1 Å². The Labute approximate surface area is 129 Å². The second kappa shape index (κ2) is 5.77. The van der Waals surface area contributed by atoms with Crippen molar-refractivity contribution in [1.82, 2.24) is 14.6 Å². The van der Waals surface area contributed by atoms with E-state index in [4.69, 9.17) is 10.5 Å². The molecule has 2 N–H and O–H groups in total.